The molecular formula is C18H21NO4. The lowest BCUT2D eigenvalue weighted by Crippen LogP contribution is -2.27. The Morgan fingerprint density at radius 2 is 1.83 bits per heavy atom. The summed E-state index contributed by atoms with van der Waals surface area (Å²) in [7, 11) is 0. The molecule has 0 spiro atoms. The molecule has 0 unspecified atom stereocenters. The number of aromatic hydroxyl groups is 1. The number of phenols is 1. The molecule has 0 bridgehead atoms. The minimum absolute atomic E-state index is 0.0529. The summed E-state index contributed by atoms with van der Waals surface area (Å²) in [5.74, 6) is 0.487. The Kier molecular flexibility index (Phi) is 5.11. The Morgan fingerprint density at radius 3 is 2.48 bits per heavy atom. The van der Waals surface area contributed by atoms with E-state index >= 15 is 0 Å². The van der Waals surface area contributed by atoms with Crippen molar-refractivity contribution in [3.8, 4) is 11.5 Å². The van der Waals surface area contributed by atoms with Crippen molar-refractivity contribution in [1.29, 1.82) is 0 Å². The van der Waals surface area contributed by atoms with Crippen LogP contribution in [-0.2, 0) is 11.3 Å². The van der Waals surface area contributed by atoms with Crippen LogP contribution in [-0.4, -0.2) is 16.8 Å². The summed E-state index contributed by atoms with van der Waals surface area (Å²) in [6.45, 7) is 5.71. The van der Waals surface area contributed by atoms with Gasteiger partial charge < -0.3 is 14.6 Å². The average Bonchev–Trinajstić information content (AvgIpc) is 2.47. The van der Waals surface area contributed by atoms with Gasteiger partial charge in [0.1, 0.15) is 23.7 Å². The van der Waals surface area contributed by atoms with E-state index < -0.39 is 11.7 Å². The molecule has 0 fully saturated rings. The number of ether oxygens (including phenoxy) is 2. The number of hydrogen-bond donors (Lipinski definition) is 2. The van der Waals surface area contributed by atoms with Crippen LogP contribution >= 0.6 is 0 Å². The predicted octanol–water partition coefficient (Wildman–Crippen LogP) is 4.32. The van der Waals surface area contributed by atoms with E-state index in [1.165, 1.54) is 6.07 Å². The van der Waals surface area contributed by atoms with Gasteiger partial charge in [0.15, 0.2) is 0 Å². The third-order valence-corrected chi connectivity index (χ3v) is 2.85. The molecule has 122 valence electrons. The van der Waals surface area contributed by atoms with E-state index in [1.807, 2.05) is 30.3 Å². The fraction of sp³-hybridized carbons (Fsp3) is 0.278. The second-order valence-corrected chi connectivity index (χ2v) is 6.08. The standard InChI is InChI=1S/C18H21NO4/c1-18(2,3)23-17(21)19-15-11-14(9-10-16(15)20)22-12-13-7-5-4-6-8-13/h4-11,20H,12H2,1-3H3,(H,19,21). The van der Waals surface area contributed by atoms with E-state index in [1.54, 1.807) is 32.9 Å². The van der Waals surface area contributed by atoms with Gasteiger partial charge in [0.05, 0.1) is 5.69 Å². The largest absolute Gasteiger partial charge is 0.506 e. The minimum Gasteiger partial charge on any atom is -0.506 e. The normalized spacial score (nSPS) is 10.9. The topological polar surface area (TPSA) is 67.8 Å². The summed E-state index contributed by atoms with van der Waals surface area (Å²) >= 11 is 0. The van der Waals surface area contributed by atoms with Gasteiger partial charge in [-0.25, -0.2) is 4.79 Å². The molecule has 0 heterocycles. The second-order valence-electron chi connectivity index (χ2n) is 6.08. The van der Waals surface area contributed by atoms with Gasteiger partial charge in [-0.15, -0.1) is 0 Å². The lowest BCUT2D eigenvalue weighted by atomic mass is 10.2. The van der Waals surface area contributed by atoms with Gasteiger partial charge in [0.2, 0.25) is 0 Å². The van der Waals surface area contributed by atoms with E-state index in [-0.39, 0.29) is 11.4 Å². The molecule has 0 aromatic heterocycles. The fourth-order valence-corrected chi connectivity index (χ4v) is 1.86. The van der Waals surface area contributed by atoms with Crippen molar-refractivity contribution in [3.05, 3.63) is 54.1 Å². The molecule has 2 rings (SSSR count). The maximum Gasteiger partial charge on any atom is 0.412 e. The first-order valence-electron chi connectivity index (χ1n) is 7.33. The third-order valence-electron chi connectivity index (χ3n) is 2.85. The number of carbonyl (C=O) groups is 1. The number of hydrogen-bond acceptors (Lipinski definition) is 4. The highest BCUT2D eigenvalue weighted by Crippen LogP contribution is 2.29. The smallest absolute Gasteiger partial charge is 0.412 e. The highest BCUT2D eigenvalue weighted by Gasteiger charge is 2.17. The first kappa shape index (κ1) is 16.7. The summed E-state index contributed by atoms with van der Waals surface area (Å²) < 4.78 is 10.8. The van der Waals surface area contributed by atoms with Crippen LogP contribution in [0.2, 0.25) is 0 Å². The lowest BCUT2D eigenvalue weighted by molar-refractivity contribution is 0.0635. The molecule has 0 aliphatic heterocycles. The molecule has 2 N–H and O–H groups in total. The van der Waals surface area contributed by atoms with Gasteiger partial charge in [-0.2, -0.15) is 0 Å². The van der Waals surface area contributed by atoms with Gasteiger partial charge in [0, 0.05) is 6.07 Å². The van der Waals surface area contributed by atoms with Crippen LogP contribution in [0.25, 0.3) is 0 Å². The number of carbonyl (C=O) groups excluding carboxylic acids is 1. The molecule has 2 aromatic carbocycles. The number of phenolic OH excluding ortho intramolecular Hbond substituents is 1. The number of anilines is 1. The molecule has 0 aliphatic rings. The number of rotatable bonds is 4. The molecular weight excluding hydrogens is 294 g/mol. The van der Waals surface area contributed by atoms with Gasteiger partial charge in [-0.05, 0) is 38.5 Å². The van der Waals surface area contributed by atoms with Crippen molar-refractivity contribution in [2.24, 2.45) is 0 Å². The van der Waals surface area contributed by atoms with Crippen LogP contribution in [0.3, 0.4) is 0 Å². The van der Waals surface area contributed by atoms with Crippen LogP contribution in [0.15, 0.2) is 48.5 Å². The molecule has 5 nitrogen and oxygen atoms in total. The van der Waals surface area contributed by atoms with E-state index in [4.69, 9.17) is 9.47 Å². The van der Waals surface area contributed by atoms with Gasteiger partial charge in [-0.1, -0.05) is 30.3 Å². The highest BCUT2D eigenvalue weighted by atomic mass is 16.6. The lowest BCUT2D eigenvalue weighted by Gasteiger charge is -2.20. The van der Waals surface area contributed by atoms with Crippen molar-refractivity contribution < 1.29 is 19.4 Å². The van der Waals surface area contributed by atoms with Crippen LogP contribution < -0.4 is 10.1 Å². The van der Waals surface area contributed by atoms with Crippen LogP contribution in [0.5, 0.6) is 11.5 Å². The van der Waals surface area contributed by atoms with E-state index in [2.05, 4.69) is 5.32 Å². The minimum atomic E-state index is -0.631. The maximum atomic E-state index is 11.8. The van der Waals surface area contributed by atoms with Crippen molar-refractivity contribution in [2.75, 3.05) is 5.32 Å². The van der Waals surface area contributed by atoms with Gasteiger partial charge in [0.25, 0.3) is 0 Å². The summed E-state index contributed by atoms with van der Waals surface area (Å²) in [6.07, 6.45) is -0.631. The fourth-order valence-electron chi connectivity index (χ4n) is 1.86. The average molecular weight is 315 g/mol. The zero-order chi connectivity index (χ0) is 16.9. The van der Waals surface area contributed by atoms with Crippen LogP contribution in [0.4, 0.5) is 10.5 Å². The molecule has 5 heteroatoms. The van der Waals surface area contributed by atoms with E-state index in [9.17, 15) is 9.90 Å². The van der Waals surface area contributed by atoms with Gasteiger partial charge in [-0.3, -0.25) is 5.32 Å². The second kappa shape index (κ2) is 7.05. The maximum absolute atomic E-state index is 11.8. The molecule has 0 saturated heterocycles. The number of amides is 1. The Bertz CT molecular complexity index is 662. The van der Waals surface area contributed by atoms with Crippen LogP contribution in [0, 0.1) is 0 Å². The first-order valence-corrected chi connectivity index (χ1v) is 7.33. The quantitative estimate of drug-likeness (QED) is 0.825. The summed E-state index contributed by atoms with van der Waals surface area (Å²) in [5.41, 5.74) is 0.660. The van der Waals surface area contributed by atoms with Crippen molar-refractivity contribution >= 4 is 11.8 Å². The Balaban J connectivity index is 2.02. The molecule has 0 radical (unpaired) electrons. The van der Waals surface area contributed by atoms with Gasteiger partial charge >= 0.3 is 6.09 Å². The third kappa shape index (κ3) is 5.54. The predicted molar refractivity (Wildman–Crippen MR) is 88.7 cm³/mol. The zero-order valence-electron chi connectivity index (χ0n) is 13.5. The Morgan fingerprint density at radius 1 is 1.13 bits per heavy atom. The van der Waals surface area contributed by atoms with E-state index in [0.717, 1.165) is 5.56 Å². The van der Waals surface area contributed by atoms with Crippen molar-refractivity contribution in [2.45, 2.75) is 33.0 Å². The molecule has 0 atom stereocenters. The molecule has 0 saturated carbocycles. The highest BCUT2D eigenvalue weighted by molar-refractivity contribution is 5.87. The SMILES string of the molecule is CC(C)(C)OC(=O)Nc1cc(OCc2ccccc2)ccc1O. The molecule has 1 amide bonds. The van der Waals surface area contributed by atoms with Crippen molar-refractivity contribution in [1.82, 2.24) is 0 Å². The van der Waals surface area contributed by atoms with Crippen LogP contribution in [0.1, 0.15) is 26.3 Å². The Hall–Kier alpha value is -2.69. The zero-order valence-corrected chi connectivity index (χ0v) is 13.5. The monoisotopic (exact) mass is 315 g/mol. The van der Waals surface area contributed by atoms with E-state index in [0.29, 0.717) is 12.4 Å². The number of benzene rings is 2. The van der Waals surface area contributed by atoms with Crippen molar-refractivity contribution in [3.63, 3.8) is 0 Å². The summed E-state index contributed by atoms with van der Waals surface area (Å²) in [5, 5.41) is 12.4. The summed E-state index contributed by atoms with van der Waals surface area (Å²) in [4.78, 5) is 11.8. The first-order chi connectivity index (χ1) is 10.8. The Labute approximate surface area is 135 Å². The molecule has 23 heavy (non-hydrogen) atoms. The summed E-state index contributed by atoms with van der Waals surface area (Å²) in [6, 6.07) is 14.4. The molecule has 2 aromatic rings. The molecule has 0 aliphatic carbocycles. The number of nitrogens with one attached hydrogen (secondary N) is 1.